The van der Waals surface area contributed by atoms with Crippen molar-refractivity contribution in [3.8, 4) is 11.1 Å². The SMILES string of the molecule is CC(C)C(=O)N1CC(F)(F)[C@H](NS(C)(=O)=O)[C@@H]1Cc1cccc(-c2cc(F)cc(F)c2)c1. The molecule has 0 aliphatic carbocycles. The molecule has 1 fully saturated rings. The van der Waals surface area contributed by atoms with Crippen molar-refractivity contribution in [3.05, 3.63) is 59.7 Å². The number of sulfonamides is 1. The molecule has 10 heteroatoms. The summed E-state index contributed by atoms with van der Waals surface area (Å²) in [5.74, 6) is -6.07. The van der Waals surface area contributed by atoms with E-state index in [9.17, 15) is 30.8 Å². The van der Waals surface area contributed by atoms with Gasteiger partial charge in [0.25, 0.3) is 5.92 Å². The monoisotopic (exact) mass is 472 g/mol. The number of benzene rings is 2. The molecule has 0 saturated carbocycles. The number of halogens is 4. The number of likely N-dealkylation sites (tertiary alicyclic amines) is 1. The predicted molar refractivity (Wildman–Crippen MR) is 113 cm³/mol. The number of rotatable bonds is 6. The van der Waals surface area contributed by atoms with E-state index in [0.29, 0.717) is 11.1 Å². The van der Waals surface area contributed by atoms with Crippen molar-refractivity contribution in [2.24, 2.45) is 5.92 Å². The summed E-state index contributed by atoms with van der Waals surface area (Å²) in [6, 6.07) is 6.52. The van der Waals surface area contributed by atoms with Crippen molar-refractivity contribution >= 4 is 15.9 Å². The minimum atomic E-state index is -3.99. The Bertz CT molecular complexity index is 1100. The van der Waals surface area contributed by atoms with Gasteiger partial charge in [0.05, 0.1) is 18.8 Å². The van der Waals surface area contributed by atoms with Gasteiger partial charge < -0.3 is 4.90 Å². The van der Waals surface area contributed by atoms with E-state index in [0.717, 1.165) is 29.4 Å². The van der Waals surface area contributed by atoms with E-state index in [4.69, 9.17) is 0 Å². The highest BCUT2D eigenvalue weighted by atomic mass is 32.2. The van der Waals surface area contributed by atoms with Crippen LogP contribution in [0.25, 0.3) is 11.1 Å². The Morgan fingerprint density at radius 3 is 2.31 bits per heavy atom. The highest BCUT2D eigenvalue weighted by Crippen LogP contribution is 2.36. The third kappa shape index (κ3) is 5.47. The van der Waals surface area contributed by atoms with Crippen molar-refractivity contribution in [3.63, 3.8) is 0 Å². The van der Waals surface area contributed by atoms with Crippen LogP contribution in [0, 0.1) is 17.6 Å². The van der Waals surface area contributed by atoms with Gasteiger partial charge in [-0.1, -0.05) is 38.1 Å². The summed E-state index contributed by atoms with van der Waals surface area (Å²) >= 11 is 0. The van der Waals surface area contributed by atoms with Crippen LogP contribution in [0.2, 0.25) is 0 Å². The largest absolute Gasteiger partial charge is 0.331 e. The van der Waals surface area contributed by atoms with Gasteiger partial charge in [-0.25, -0.2) is 30.7 Å². The second kappa shape index (κ2) is 8.82. The zero-order valence-corrected chi connectivity index (χ0v) is 18.6. The van der Waals surface area contributed by atoms with Gasteiger partial charge in [0.2, 0.25) is 15.9 Å². The third-order valence-corrected chi connectivity index (χ3v) is 5.99. The van der Waals surface area contributed by atoms with Gasteiger partial charge in [0.15, 0.2) is 0 Å². The standard InChI is InChI=1S/C22H24F4N2O3S/c1-13(2)21(29)28-12-22(25,26)20(27-32(3,30)31)19(28)8-14-5-4-6-15(7-14)16-9-17(23)11-18(24)10-16/h4-7,9-11,13,19-20,27H,8,12H2,1-3H3/t19-,20+/m0/s1. The molecule has 2 atom stereocenters. The first-order valence-corrected chi connectivity index (χ1v) is 11.9. The van der Waals surface area contributed by atoms with Crippen LogP contribution in [-0.4, -0.2) is 50.0 Å². The first-order chi connectivity index (χ1) is 14.8. The summed E-state index contributed by atoms with van der Waals surface area (Å²) < 4.78 is 82.4. The van der Waals surface area contributed by atoms with E-state index in [-0.39, 0.29) is 12.0 Å². The van der Waals surface area contributed by atoms with Gasteiger partial charge in [0, 0.05) is 12.0 Å². The number of carbonyl (C=O) groups excluding carboxylic acids is 1. The highest BCUT2D eigenvalue weighted by molar-refractivity contribution is 7.88. The highest BCUT2D eigenvalue weighted by Gasteiger charge is 2.56. The molecule has 1 amide bonds. The molecule has 0 bridgehead atoms. The predicted octanol–water partition coefficient (Wildman–Crippen LogP) is 3.59. The summed E-state index contributed by atoms with van der Waals surface area (Å²) in [4.78, 5) is 13.7. The number of nitrogens with one attached hydrogen (secondary N) is 1. The zero-order chi connectivity index (χ0) is 23.8. The third-order valence-electron chi connectivity index (χ3n) is 5.31. The molecule has 1 saturated heterocycles. The molecule has 3 rings (SSSR count). The van der Waals surface area contributed by atoms with Gasteiger partial charge in [-0.15, -0.1) is 0 Å². The average molecular weight is 473 g/mol. The Balaban J connectivity index is 1.99. The Hall–Kier alpha value is -2.46. The quantitative estimate of drug-likeness (QED) is 0.654. The zero-order valence-electron chi connectivity index (χ0n) is 17.8. The van der Waals surface area contributed by atoms with Crippen molar-refractivity contribution in [1.82, 2.24) is 9.62 Å². The van der Waals surface area contributed by atoms with Crippen LogP contribution < -0.4 is 4.72 Å². The molecule has 1 heterocycles. The fraction of sp³-hybridized carbons (Fsp3) is 0.409. The number of nitrogens with zero attached hydrogens (tertiary/aromatic N) is 1. The summed E-state index contributed by atoms with van der Waals surface area (Å²) in [5.41, 5.74) is 1.23. The molecule has 32 heavy (non-hydrogen) atoms. The summed E-state index contributed by atoms with van der Waals surface area (Å²) in [5, 5.41) is 0. The molecule has 1 N–H and O–H groups in total. The van der Waals surface area contributed by atoms with Crippen molar-refractivity contribution in [2.45, 2.75) is 38.3 Å². The lowest BCUT2D eigenvalue weighted by Crippen LogP contribution is -2.52. The molecule has 174 valence electrons. The van der Waals surface area contributed by atoms with Crippen molar-refractivity contribution < 1.29 is 30.8 Å². The molecular weight excluding hydrogens is 448 g/mol. The average Bonchev–Trinajstić information content (AvgIpc) is 2.90. The minimum absolute atomic E-state index is 0.0765. The maximum absolute atomic E-state index is 14.8. The second-order valence-electron chi connectivity index (χ2n) is 8.38. The fourth-order valence-corrected chi connectivity index (χ4v) is 4.73. The maximum atomic E-state index is 14.8. The van der Waals surface area contributed by atoms with E-state index in [1.165, 1.54) is 0 Å². The lowest BCUT2D eigenvalue weighted by atomic mass is 9.95. The molecule has 0 radical (unpaired) electrons. The molecule has 0 spiro atoms. The van der Waals surface area contributed by atoms with Crippen molar-refractivity contribution in [1.29, 1.82) is 0 Å². The van der Waals surface area contributed by atoms with E-state index in [2.05, 4.69) is 0 Å². The van der Waals surface area contributed by atoms with Crippen LogP contribution >= 0.6 is 0 Å². The lowest BCUT2D eigenvalue weighted by molar-refractivity contribution is -0.136. The summed E-state index contributed by atoms with van der Waals surface area (Å²) in [6.07, 6.45) is 0.707. The molecule has 0 aromatic heterocycles. The number of hydrogen-bond acceptors (Lipinski definition) is 3. The van der Waals surface area contributed by atoms with Gasteiger partial charge in [-0.2, -0.15) is 0 Å². The normalized spacial score (nSPS) is 20.7. The second-order valence-corrected chi connectivity index (χ2v) is 10.2. The summed E-state index contributed by atoms with van der Waals surface area (Å²) in [6.45, 7) is 2.25. The molecular formula is C22H24F4N2O3S. The first kappa shape index (κ1) is 24.2. The number of hydrogen-bond donors (Lipinski definition) is 1. The van der Waals surface area contributed by atoms with Crippen molar-refractivity contribution in [2.75, 3.05) is 12.8 Å². The molecule has 0 unspecified atom stereocenters. The smallest absolute Gasteiger partial charge is 0.283 e. The first-order valence-electron chi connectivity index (χ1n) is 9.98. The molecule has 5 nitrogen and oxygen atoms in total. The molecule has 2 aromatic carbocycles. The number of alkyl halides is 2. The topological polar surface area (TPSA) is 66.5 Å². The van der Waals surface area contributed by atoms with Gasteiger partial charge in [-0.05, 0) is 35.2 Å². The van der Waals surface area contributed by atoms with E-state index >= 15 is 0 Å². The Morgan fingerprint density at radius 1 is 1.12 bits per heavy atom. The van der Waals surface area contributed by atoms with Crippen LogP contribution in [0.1, 0.15) is 19.4 Å². The van der Waals surface area contributed by atoms with Crippen LogP contribution in [0.5, 0.6) is 0 Å². The molecule has 1 aliphatic rings. The number of amides is 1. The van der Waals surface area contributed by atoms with Crippen LogP contribution in [-0.2, 0) is 21.2 Å². The van der Waals surface area contributed by atoms with Crippen LogP contribution in [0.3, 0.4) is 0 Å². The lowest BCUT2D eigenvalue weighted by Gasteiger charge is -2.29. The van der Waals surface area contributed by atoms with Gasteiger partial charge in [0.1, 0.15) is 17.7 Å². The Kier molecular flexibility index (Phi) is 6.67. The summed E-state index contributed by atoms with van der Waals surface area (Å²) in [7, 11) is -3.99. The van der Waals surface area contributed by atoms with Crippen LogP contribution in [0.15, 0.2) is 42.5 Å². The fourth-order valence-electron chi connectivity index (χ4n) is 3.94. The van der Waals surface area contributed by atoms with E-state index in [1.807, 2.05) is 4.72 Å². The number of carbonyl (C=O) groups is 1. The maximum Gasteiger partial charge on any atom is 0.283 e. The Morgan fingerprint density at radius 2 is 1.75 bits per heavy atom. The van der Waals surface area contributed by atoms with Crippen LogP contribution in [0.4, 0.5) is 17.6 Å². The van der Waals surface area contributed by atoms with Gasteiger partial charge in [-0.3, -0.25) is 4.79 Å². The Labute approximate surface area is 184 Å². The van der Waals surface area contributed by atoms with E-state index in [1.54, 1.807) is 38.1 Å². The minimum Gasteiger partial charge on any atom is -0.331 e. The molecule has 2 aromatic rings. The van der Waals surface area contributed by atoms with Gasteiger partial charge >= 0.3 is 0 Å². The molecule has 1 aliphatic heterocycles. The van der Waals surface area contributed by atoms with E-state index < -0.39 is 58.0 Å².